The Balaban J connectivity index is 1.68. The van der Waals surface area contributed by atoms with Crippen LogP contribution in [-0.4, -0.2) is 23.7 Å². The summed E-state index contributed by atoms with van der Waals surface area (Å²) in [5.74, 6) is 0.0635. The molecule has 1 amide bonds. The third kappa shape index (κ3) is 4.94. The summed E-state index contributed by atoms with van der Waals surface area (Å²) in [5, 5.41) is 12.0. The zero-order chi connectivity index (χ0) is 14.2. The van der Waals surface area contributed by atoms with E-state index in [0.717, 1.165) is 37.0 Å². The van der Waals surface area contributed by atoms with Gasteiger partial charge in [-0.05, 0) is 36.8 Å². The molecular formula is C16H23NO3. The first-order valence-corrected chi connectivity index (χ1v) is 7.35. The molecule has 20 heavy (non-hydrogen) atoms. The molecule has 0 aromatic heterocycles. The third-order valence-corrected chi connectivity index (χ3v) is 3.63. The molecule has 1 aromatic rings. The number of amides is 1. The van der Waals surface area contributed by atoms with Crippen molar-refractivity contribution in [3.05, 3.63) is 35.4 Å². The van der Waals surface area contributed by atoms with Gasteiger partial charge in [-0.1, -0.05) is 24.3 Å². The van der Waals surface area contributed by atoms with Crippen molar-refractivity contribution >= 4 is 5.91 Å². The van der Waals surface area contributed by atoms with Crippen molar-refractivity contribution in [3.8, 4) is 0 Å². The molecule has 1 aliphatic heterocycles. The van der Waals surface area contributed by atoms with Crippen LogP contribution < -0.4 is 5.32 Å². The van der Waals surface area contributed by atoms with E-state index < -0.39 is 0 Å². The molecule has 1 unspecified atom stereocenters. The summed E-state index contributed by atoms with van der Waals surface area (Å²) in [6.45, 7) is 1.37. The number of carbonyl (C=O) groups is 1. The van der Waals surface area contributed by atoms with E-state index in [2.05, 4.69) is 5.32 Å². The van der Waals surface area contributed by atoms with Crippen LogP contribution in [0, 0.1) is 0 Å². The van der Waals surface area contributed by atoms with Gasteiger partial charge in [-0.15, -0.1) is 0 Å². The van der Waals surface area contributed by atoms with Crippen molar-refractivity contribution in [2.75, 3.05) is 6.61 Å². The largest absolute Gasteiger partial charge is 0.392 e. The predicted molar refractivity (Wildman–Crippen MR) is 77.0 cm³/mol. The SMILES string of the molecule is O=C(CCC1CCCCO1)NCc1cccc(CO)c1. The van der Waals surface area contributed by atoms with Crippen LogP contribution in [0.4, 0.5) is 0 Å². The van der Waals surface area contributed by atoms with Crippen LogP contribution >= 0.6 is 0 Å². The normalized spacial score (nSPS) is 18.8. The number of aliphatic hydroxyl groups is 1. The highest BCUT2D eigenvalue weighted by atomic mass is 16.5. The lowest BCUT2D eigenvalue weighted by Crippen LogP contribution is -2.26. The average molecular weight is 277 g/mol. The van der Waals surface area contributed by atoms with Gasteiger partial charge in [0, 0.05) is 19.6 Å². The Bertz CT molecular complexity index is 427. The number of hydrogen-bond donors (Lipinski definition) is 2. The Hall–Kier alpha value is -1.39. The lowest BCUT2D eigenvalue weighted by molar-refractivity contribution is -0.122. The zero-order valence-corrected chi connectivity index (χ0v) is 11.8. The van der Waals surface area contributed by atoms with Gasteiger partial charge >= 0.3 is 0 Å². The molecule has 4 nitrogen and oxygen atoms in total. The van der Waals surface area contributed by atoms with E-state index in [4.69, 9.17) is 9.84 Å². The molecule has 0 radical (unpaired) electrons. The number of ether oxygens (including phenoxy) is 1. The molecule has 0 spiro atoms. The van der Waals surface area contributed by atoms with E-state index in [1.165, 1.54) is 6.42 Å². The minimum Gasteiger partial charge on any atom is -0.392 e. The van der Waals surface area contributed by atoms with Crippen molar-refractivity contribution in [1.82, 2.24) is 5.32 Å². The second kappa shape index (κ2) is 8.02. The van der Waals surface area contributed by atoms with Gasteiger partial charge in [-0.3, -0.25) is 4.79 Å². The second-order valence-electron chi connectivity index (χ2n) is 5.28. The Morgan fingerprint density at radius 3 is 2.95 bits per heavy atom. The molecule has 0 aliphatic carbocycles. The fourth-order valence-electron chi connectivity index (χ4n) is 2.45. The lowest BCUT2D eigenvalue weighted by Gasteiger charge is -2.22. The summed E-state index contributed by atoms with van der Waals surface area (Å²) in [4.78, 5) is 11.8. The Kier molecular flexibility index (Phi) is 6.02. The topological polar surface area (TPSA) is 58.6 Å². The number of aliphatic hydroxyl groups excluding tert-OH is 1. The first-order valence-electron chi connectivity index (χ1n) is 7.35. The van der Waals surface area contributed by atoms with Gasteiger partial charge in [0.25, 0.3) is 0 Å². The Morgan fingerprint density at radius 1 is 1.35 bits per heavy atom. The van der Waals surface area contributed by atoms with Crippen LogP contribution in [0.5, 0.6) is 0 Å². The second-order valence-corrected chi connectivity index (χ2v) is 5.28. The summed E-state index contributed by atoms with van der Waals surface area (Å²) < 4.78 is 5.61. The minimum absolute atomic E-state index is 0.0286. The van der Waals surface area contributed by atoms with E-state index in [1.807, 2.05) is 24.3 Å². The van der Waals surface area contributed by atoms with Gasteiger partial charge in [0.15, 0.2) is 0 Å². The van der Waals surface area contributed by atoms with Crippen LogP contribution in [0.3, 0.4) is 0 Å². The minimum atomic E-state index is 0.0286. The molecule has 1 atom stereocenters. The zero-order valence-electron chi connectivity index (χ0n) is 11.8. The smallest absolute Gasteiger partial charge is 0.220 e. The number of rotatable bonds is 6. The van der Waals surface area contributed by atoms with Crippen molar-refractivity contribution in [2.24, 2.45) is 0 Å². The maximum absolute atomic E-state index is 11.8. The molecule has 0 bridgehead atoms. The summed E-state index contributed by atoms with van der Waals surface area (Å²) >= 11 is 0. The van der Waals surface area contributed by atoms with Gasteiger partial charge in [0.1, 0.15) is 0 Å². The van der Waals surface area contributed by atoms with Crippen molar-refractivity contribution < 1.29 is 14.6 Å². The third-order valence-electron chi connectivity index (χ3n) is 3.63. The standard InChI is InChI=1S/C16H23NO3/c18-12-14-5-3-4-13(10-14)11-17-16(19)8-7-15-6-1-2-9-20-15/h3-5,10,15,18H,1-2,6-9,11-12H2,(H,17,19). The quantitative estimate of drug-likeness (QED) is 0.837. The first kappa shape index (κ1) is 15.0. The van der Waals surface area contributed by atoms with E-state index in [1.54, 1.807) is 0 Å². The molecule has 1 aromatic carbocycles. The summed E-state index contributed by atoms with van der Waals surface area (Å²) in [7, 11) is 0. The van der Waals surface area contributed by atoms with Crippen molar-refractivity contribution in [3.63, 3.8) is 0 Å². The van der Waals surface area contributed by atoms with Gasteiger partial charge in [0.05, 0.1) is 12.7 Å². The monoisotopic (exact) mass is 277 g/mol. The van der Waals surface area contributed by atoms with Gasteiger partial charge in [-0.25, -0.2) is 0 Å². The van der Waals surface area contributed by atoms with Gasteiger partial charge in [0.2, 0.25) is 5.91 Å². The number of nitrogens with one attached hydrogen (secondary N) is 1. The molecular weight excluding hydrogens is 254 g/mol. The van der Waals surface area contributed by atoms with Crippen LogP contribution in [-0.2, 0) is 22.7 Å². The fourth-order valence-corrected chi connectivity index (χ4v) is 2.45. The maximum atomic E-state index is 11.8. The highest BCUT2D eigenvalue weighted by Crippen LogP contribution is 2.16. The first-order chi connectivity index (χ1) is 9.78. The number of hydrogen-bond acceptors (Lipinski definition) is 3. The van der Waals surface area contributed by atoms with Crippen LogP contribution in [0.15, 0.2) is 24.3 Å². The van der Waals surface area contributed by atoms with Gasteiger partial charge < -0.3 is 15.2 Å². The molecule has 1 saturated heterocycles. The summed E-state index contributed by atoms with van der Waals surface area (Å²) in [6.07, 6.45) is 5.01. The van der Waals surface area contributed by atoms with E-state index in [0.29, 0.717) is 13.0 Å². The molecule has 2 rings (SSSR count). The summed E-state index contributed by atoms with van der Waals surface area (Å²) in [5.41, 5.74) is 1.88. The molecule has 1 fully saturated rings. The van der Waals surface area contributed by atoms with E-state index in [-0.39, 0.29) is 18.6 Å². The molecule has 110 valence electrons. The van der Waals surface area contributed by atoms with Crippen molar-refractivity contribution in [1.29, 1.82) is 0 Å². The van der Waals surface area contributed by atoms with Crippen molar-refractivity contribution in [2.45, 2.75) is 51.4 Å². The molecule has 2 N–H and O–H groups in total. The highest BCUT2D eigenvalue weighted by molar-refractivity contribution is 5.75. The average Bonchev–Trinajstić information content (AvgIpc) is 2.52. The van der Waals surface area contributed by atoms with E-state index in [9.17, 15) is 4.79 Å². The lowest BCUT2D eigenvalue weighted by atomic mass is 10.0. The molecule has 1 aliphatic rings. The van der Waals surface area contributed by atoms with Crippen LogP contribution in [0.1, 0.15) is 43.2 Å². The number of carbonyl (C=O) groups excluding carboxylic acids is 1. The van der Waals surface area contributed by atoms with Crippen LogP contribution in [0.25, 0.3) is 0 Å². The predicted octanol–water partition coefficient (Wildman–Crippen LogP) is 2.14. The highest BCUT2D eigenvalue weighted by Gasteiger charge is 2.15. The number of benzene rings is 1. The molecule has 4 heteroatoms. The fraction of sp³-hybridized carbons (Fsp3) is 0.562. The maximum Gasteiger partial charge on any atom is 0.220 e. The Morgan fingerprint density at radius 2 is 2.20 bits per heavy atom. The van der Waals surface area contributed by atoms with Gasteiger partial charge in [-0.2, -0.15) is 0 Å². The molecule has 1 heterocycles. The summed E-state index contributed by atoms with van der Waals surface area (Å²) in [6, 6.07) is 7.61. The molecule has 0 saturated carbocycles. The van der Waals surface area contributed by atoms with E-state index >= 15 is 0 Å². The Labute approximate surface area is 120 Å². The van der Waals surface area contributed by atoms with Crippen LogP contribution in [0.2, 0.25) is 0 Å².